The van der Waals surface area contributed by atoms with E-state index in [4.69, 9.17) is 11.1 Å². The van der Waals surface area contributed by atoms with Gasteiger partial charge in [-0.05, 0) is 80.7 Å². The molecule has 36 heavy (non-hydrogen) atoms. The van der Waals surface area contributed by atoms with Gasteiger partial charge in [0.05, 0.1) is 11.1 Å². The second-order valence-corrected chi connectivity index (χ2v) is 8.94. The lowest BCUT2D eigenvalue weighted by molar-refractivity contribution is -0.137. The van der Waals surface area contributed by atoms with E-state index in [1.807, 2.05) is 6.92 Å². The van der Waals surface area contributed by atoms with Crippen LogP contribution in [0.25, 0.3) is 11.1 Å². The second-order valence-electron chi connectivity index (χ2n) is 8.94. The van der Waals surface area contributed by atoms with Crippen molar-refractivity contribution < 1.29 is 13.2 Å². The molecule has 0 unspecified atom stereocenters. The van der Waals surface area contributed by atoms with Crippen molar-refractivity contribution in [3.05, 3.63) is 71.0 Å². The Labute approximate surface area is 208 Å². The molecule has 4 N–H and O–H groups in total. The van der Waals surface area contributed by atoms with Crippen LogP contribution in [0.1, 0.15) is 35.1 Å². The van der Waals surface area contributed by atoms with Crippen LogP contribution in [0.3, 0.4) is 0 Å². The molecule has 0 radical (unpaired) electrons. The predicted octanol–water partition coefficient (Wildman–Crippen LogP) is 4.98. The van der Waals surface area contributed by atoms with E-state index in [0.29, 0.717) is 28.1 Å². The van der Waals surface area contributed by atoms with Crippen molar-refractivity contribution in [1.29, 1.82) is 5.41 Å². The first-order valence-electron chi connectivity index (χ1n) is 11.6. The summed E-state index contributed by atoms with van der Waals surface area (Å²) in [4.78, 5) is 10.6. The summed E-state index contributed by atoms with van der Waals surface area (Å²) in [5.41, 5.74) is 8.19. The van der Waals surface area contributed by atoms with Crippen LogP contribution in [0.15, 0.2) is 48.8 Å². The Balaban J connectivity index is 1.61. The number of anilines is 2. The van der Waals surface area contributed by atoms with Crippen molar-refractivity contribution in [3.8, 4) is 23.0 Å². The average Bonchev–Trinajstić information content (AvgIpc) is 2.84. The van der Waals surface area contributed by atoms with Crippen LogP contribution in [-0.4, -0.2) is 46.8 Å². The standard InChI is InChI=1S/C27H27F3N6/c1-17-6-7-20(19-4-3-5-21(15-19)27(28,29)30)14-18(17)8-9-23(31)24-25(32)33-16-34-26(24)35-22-10-12-36(2)13-11-22/h3-7,14-16,22,31H,10-13H2,1-2H3,(H3,32,33,34,35). The van der Waals surface area contributed by atoms with E-state index in [1.54, 1.807) is 24.3 Å². The van der Waals surface area contributed by atoms with Gasteiger partial charge in [-0.2, -0.15) is 13.2 Å². The van der Waals surface area contributed by atoms with Crippen LogP contribution in [0.2, 0.25) is 0 Å². The molecule has 2 aromatic carbocycles. The summed E-state index contributed by atoms with van der Waals surface area (Å²) >= 11 is 0. The van der Waals surface area contributed by atoms with Gasteiger partial charge >= 0.3 is 6.18 Å². The molecule has 9 heteroatoms. The Kier molecular flexibility index (Phi) is 7.27. The molecule has 4 rings (SSSR count). The number of hydrogen-bond acceptors (Lipinski definition) is 6. The van der Waals surface area contributed by atoms with Crippen LogP contribution < -0.4 is 11.1 Å². The highest BCUT2D eigenvalue weighted by Crippen LogP contribution is 2.32. The van der Waals surface area contributed by atoms with Crippen molar-refractivity contribution in [2.75, 3.05) is 31.2 Å². The Morgan fingerprint density at radius 3 is 2.56 bits per heavy atom. The number of halogens is 3. The third-order valence-electron chi connectivity index (χ3n) is 6.27. The lowest BCUT2D eigenvalue weighted by atomic mass is 9.98. The molecule has 1 fully saturated rings. The van der Waals surface area contributed by atoms with Crippen LogP contribution >= 0.6 is 0 Å². The predicted molar refractivity (Wildman–Crippen MR) is 136 cm³/mol. The number of hydrogen-bond donors (Lipinski definition) is 3. The zero-order valence-corrected chi connectivity index (χ0v) is 20.1. The second kappa shape index (κ2) is 10.4. The minimum Gasteiger partial charge on any atom is -0.383 e. The third kappa shape index (κ3) is 5.83. The topological polar surface area (TPSA) is 90.9 Å². The van der Waals surface area contributed by atoms with E-state index in [9.17, 15) is 13.2 Å². The number of alkyl halides is 3. The van der Waals surface area contributed by atoms with Crippen LogP contribution in [0.4, 0.5) is 24.8 Å². The highest BCUT2D eigenvalue weighted by molar-refractivity contribution is 6.16. The molecular weight excluding hydrogens is 465 g/mol. The maximum atomic E-state index is 13.2. The highest BCUT2D eigenvalue weighted by Gasteiger charge is 2.30. The van der Waals surface area contributed by atoms with Gasteiger partial charge in [-0.15, -0.1) is 0 Å². The fourth-order valence-electron chi connectivity index (χ4n) is 4.11. The molecule has 0 amide bonds. The molecule has 0 spiro atoms. The molecule has 1 saturated heterocycles. The van der Waals surface area contributed by atoms with Gasteiger partial charge < -0.3 is 16.0 Å². The number of benzene rings is 2. The molecule has 6 nitrogen and oxygen atoms in total. The number of nitrogen functional groups attached to an aromatic ring is 1. The molecule has 0 atom stereocenters. The first kappa shape index (κ1) is 25.2. The Bertz CT molecular complexity index is 1330. The number of aryl methyl sites for hydroxylation is 1. The molecule has 0 saturated carbocycles. The first-order chi connectivity index (χ1) is 17.1. The summed E-state index contributed by atoms with van der Waals surface area (Å²) in [5.74, 6) is 6.47. The minimum absolute atomic E-state index is 0.0348. The lowest BCUT2D eigenvalue weighted by Crippen LogP contribution is -2.37. The van der Waals surface area contributed by atoms with E-state index < -0.39 is 11.7 Å². The van der Waals surface area contributed by atoms with Gasteiger partial charge in [0.25, 0.3) is 0 Å². The molecule has 186 valence electrons. The van der Waals surface area contributed by atoms with E-state index >= 15 is 0 Å². The van der Waals surface area contributed by atoms with Crippen LogP contribution in [0.5, 0.6) is 0 Å². The first-order valence-corrected chi connectivity index (χ1v) is 11.6. The third-order valence-corrected chi connectivity index (χ3v) is 6.27. The molecule has 1 aromatic heterocycles. The molecule has 0 bridgehead atoms. The van der Waals surface area contributed by atoms with Gasteiger partial charge in [-0.1, -0.05) is 30.2 Å². The minimum atomic E-state index is -4.42. The Hall–Kier alpha value is -3.90. The van der Waals surface area contributed by atoms with E-state index in [1.165, 1.54) is 12.4 Å². The van der Waals surface area contributed by atoms with Crippen LogP contribution in [-0.2, 0) is 6.18 Å². The summed E-state index contributed by atoms with van der Waals surface area (Å²) in [6.07, 6.45) is -1.17. The maximum Gasteiger partial charge on any atom is 0.416 e. The van der Waals surface area contributed by atoms with E-state index in [2.05, 4.69) is 39.1 Å². The van der Waals surface area contributed by atoms with Crippen molar-refractivity contribution in [3.63, 3.8) is 0 Å². The van der Waals surface area contributed by atoms with Gasteiger partial charge in [0.2, 0.25) is 0 Å². The number of aromatic nitrogens is 2. The smallest absolute Gasteiger partial charge is 0.383 e. The van der Waals surface area contributed by atoms with Crippen molar-refractivity contribution in [2.24, 2.45) is 0 Å². The van der Waals surface area contributed by atoms with Gasteiger partial charge in [0.15, 0.2) is 0 Å². The summed E-state index contributed by atoms with van der Waals surface area (Å²) < 4.78 is 39.5. The van der Waals surface area contributed by atoms with Crippen molar-refractivity contribution in [1.82, 2.24) is 14.9 Å². The monoisotopic (exact) mass is 492 g/mol. The van der Waals surface area contributed by atoms with Crippen LogP contribution in [0, 0.1) is 24.2 Å². The SMILES string of the molecule is Cc1ccc(-c2cccc(C(F)(F)F)c2)cc1C#CC(=N)c1c(N)ncnc1NC1CCN(C)CC1. The Morgan fingerprint density at radius 2 is 1.83 bits per heavy atom. The molecule has 2 heterocycles. The van der Waals surface area contributed by atoms with Crippen molar-refractivity contribution in [2.45, 2.75) is 32.0 Å². The number of piperidine rings is 1. The van der Waals surface area contributed by atoms with E-state index in [0.717, 1.165) is 43.6 Å². The maximum absolute atomic E-state index is 13.2. The zero-order chi connectivity index (χ0) is 25.9. The quantitative estimate of drug-likeness (QED) is 0.353. The summed E-state index contributed by atoms with van der Waals surface area (Å²) in [5, 5.41) is 12.0. The summed E-state index contributed by atoms with van der Waals surface area (Å²) in [7, 11) is 2.08. The number of rotatable bonds is 4. The Morgan fingerprint density at radius 1 is 1.11 bits per heavy atom. The molecule has 0 aliphatic carbocycles. The lowest BCUT2D eigenvalue weighted by Gasteiger charge is -2.30. The van der Waals surface area contributed by atoms with E-state index in [-0.39, 0.29) is 17.6 Å². The highest BCUT2D eigenvalue weighted by atomic mass is 19.4. The number of likely N-dealkylation sites (tertiary alicyclic amines) is 1. The summed E-state index contributed by atoms with van der Waals surface area (Å²) in [6.45, 7) is 3.79. The van der Waals surface area contributed by atoms with Gasteiger partial charge in [0.1, 0.15) is 23.7 Å². The number of nitrogens with one attached hydrogen (secondary N) is 2. The van der Waals surface area contributed by atoms with Gasteiger partial charge in [-0.3, -0.25) is 5.41 Å². The largest absolute Gasteiger partial charge is 0.416 e. The average molecular weight is 493 g/mol. The van der Waals surface area contributed by atoms with Gasteiger partial charge in [-0.25, -0.2) is 9.97 Å². The fraction of sp³-hybridized carbons (Fsp3) is 0.296. The normalized spacial score (nSPS) is 14.7. The van der Waals surface area contributed by atoms with Crippen molar-refractivity contribution >= 4 is 17.3 Å². The van der Waals surface area contributed by atoms with Gasteiger partial charge in [0, 0.05) is 11.6 Å². The summed E-state index contributed by atoms with van der Waals surface area (Å²) in [6, 6.07) is 10.7. The number of nitrogens with zero attached hydrogens (tertiary/aromatic N) is 3. The molecule has 1 aliphatic rings. The molecule has 1 aliphatic heterocycles. The fourth-order valence-corrected chi connectivity index (χ4v) is 4.11. The number of nitrogens with two attached hydrogens (primary N) is 1. The molecular formula is C27H27F3N6. The zero-order valence-electron chi connectivity index (χ0n) is 20.1. The molecule has 3 aromatic rings.